The van der Waals surface area contributed by atoms with Gasteiger partial charge in [0.05, 0.1) is 22.0 Å². The molecule has 1 fully saturated rings. The molecule has 0 aliphatic carbocycles. The largest absolute Gasteiger partial charge is 0.452 e. The SMILES string of the molecule is CC[C@@H](C)N(C(=O)COC(=O)c1cc([N+](=O)[O-])ccc1N)[C@@H]1CCS(=O)(=O)C1. The van der Waals surface area contributed by atoms with Crippen LogP contribution in [0.2, 0.25) is 0 Å². The number of benzene rings is 1. The minimum Gasteiger partial charge on any atom is -0.452 e. The molecule has 0 aromatic heterocycles. The third kappa shape index (κ3) is 4.97. The van der Waals surface area contributed by atoms with E-state index in [1.54, 1.807) is 6.92 Å². The Bertz CT molecular complexity index is 885. The Morgan fingerprint density at radius 1 is 1.43 bits per heavy atom. The smallest absolute Gasteiger partial charge is 0.341 e. The number of amides is 1. The topological polar surface area (TPSA) is 150 Å². The number of nitrogens with two attached hydrogens (primary N) is 1. The summed E-state index contributed by atoms with van der Waals surface area (Å²) in [5.41, 5.74) is 5.12. The first kappa shape index (κ1) is 21.6. The zero-order valence-corrected chi connectivity index (χ0v) is 16.5. The molecule has 1 aliphatic rings. The number of hydrogen-bond acceptors (Lipinski definition) is 8. The van der Waals surface area contributed by atoms with Crippen LogP contribution in [0, 0.1) is 10.1 Å². The molecule has 28 heavy (non-hydrogen) atoms. The third-order valence-corrected chi connectivity index (χ3v) is 6.50. The fourth-order valence-corrected chi connectivity index (χ4v) is 4.83. The predicted octanol–water partition coefficient (Wildman–Crippen LogP) is 1.15. The number of hydrogen-bond donors (Lipinski definition) is 1. The standard InChI is InChI=1S/C17H23N3O7S/c1-3-11(2)19(13-6-7-28(25,26)10-13)16(21)9-27-17(22)14-8-12(20(23)24)4-5-15(14)18/h4-5,8,11,13H,3,6-7,9-10,18H2,1-2H3/t11-,13-/m1/s1. The van der Waals surface area contributed by atoms with E-state index in [1.165, 1.54) is 11.0 Å². The molecular formula is C17H23N3O7S. The summed E-state index contributed by atoms with van der Waals surface area (Å²) in [5.74, 6) is -1.58. The number of nitrogens with zero attached hydrogens (tertiary/aromatic N) is 2. The van der Waals surface area contributed by atoms with E-state index in [0.29, 0.717) is 12.8 Å². The summed E-state index contributed by atoms with van der Waals surface area (Å²) in [6, 6.07) is 2.66. The van der Waals surface area contributed by atoms with Crippen LogP contribution in [0.4, 0.5) is 11.4 Å². The van der Waals surface area contributed by atoms with Crippen LogP contribution in [0.5, 0.6) is 0 Å². The van der Waals surface area contributed by atoms with Gasteiger partial charge in [-0.15, -0.1) is 0 Å². The van der Waals surface area contributed by atoms with Crippen molar-refractivity contribution in [3.05, 3.63) is 33.9 Å². The van der Waals surface area contributed by atoms with Crippen LogP contribution >= 0.6 is 0 Å². The molecule has 154 valence electrons. The van der Waals surface area contributed by atoms with E-state index in [2.05, 4.69) is 0 Å². The lowest BCUT2D eigenvalue weighted by Crippen LogP contribution is -2.48. The number of rotatable bonds is 7. The Balaban J connectivity index is 2.11. The van der Waals surface area contributed by atoms with E-state index in [-0.39, 0.29) is 34.5 Å². The van der Waals surface area contributed by atoms with Gasteiger partial charge in [-0.3, -0.25) is 14.9 Å². The molecule has 1 aromatic rings. The highest BCUT2D eigenvalue weighted by Crippen LogP contribution is 2.23. The minimum atomic E-state index is -3.19. The third-order valence-electron chi connectivity index (χ3n) is 4.75. The summed E-state index contributed by atoms with van der Waals surface area (Å²) >= 11 is 0. The molecule has 1 aliphatic heterocycles. The van der Waals surface area contributed by atoms with Gasteiger partial charge in [0, 0.05) is 29.9 Å². The zero-order valence-electron chi connectivity index (χ0n) is 15.7. The van der Waals surface area contributed by atoms with Crippen molar-refractivity contribution in [2.45, 2.75) is 38.8 Å². The van der Waals surface area contributed by atoms with Crippen molar-refractivity contribution < 1.29 is 27.7 Å². The first-order chi connectivity index (χ1) is 13.1. The number of carbonyl (C=O) groups is 2. The van der Waals surface area contributed by atoms with Crippen molar-refractivity contribution in [2.75, 3.05) is 23.8 Å². The predicted molar refractivity (Wildman–Crippen MR) is 101 cm³/mol. The number of carbonyl (C=O) groups excluding carboxylic acids is 2. The van der Waals surface area contributed by atoms with Gasteiger partial charge in [0.1, 0.15) is 0 Å². The molecule has 2 atom stereocenters. The maximum absolute atomic E-state index is 12.7. The second-order valence-corrected chi connectivity index (χ2v) is 8.95. The number of ether oxygens (including phenoxy) is 1. The van der Waals surface area contributed by atoms with Crippen molar-refractivity contribution in [3.8, 4) is 0 Å². The number of sulfone groups is 1. The van der Waals surface area contributed by atoms with Crippen molar-refractivity contribution in [1.29, 1.82) is 0 Å². The van der Waals surface area contributed by atoms with Crippen molar-refractivity contribution >= 4 is 33.1 Å². The second kappa shape index (κ2) is 8.55. The highest BCUT2D eigenvalue weighted by atomic mass is 32.2. The van der Waals surface area contributed by atoms with Gasteiger partial charge in [0.15, 0.2) is 16.4 Å². The molecule has 0 spiro atoms. The highest BCUT2D eigenvalue weighted by Gasteiger charge is 2.36. The maximum atomic E-state index is 12.7. The Morgan fingerprint density at radius 3 is 2.64 bits per heavy atom. The van der Waals surface area contributed by atoms with Gasteiger partial charge in [-0.25, -0.2) is 13.2 Å². The van der Waals surface area contributed by atoms with Gasteiger partial charge in [0.25, 0.3) is 11.6 Å². The molecule has 11 heteroatoms. The van der Waals surface area contributed by atoms with E-state index in [0.717, 1.165) is 12.1 Å². The number of nitro benzene ring substituents is 1. The van der Waals surface area contributed by atoms with Crippen LogP contribution in [-0.4, -0.2) is 60.3 Å². The number of nitrogen functional groups attached to an aromatic ring is 1. The summed E-state index contributed by atoms with van der Waals surface area (Å²) in [4.78, 5) is 36.5. The van der Waals surface area contributed by atoms with Crippen LogP contribution in [-0.2, 0) is 19.4 Å². The quantitative estimate of drug-likeness (QED) is 0.303. The van der Waals surface area contributed by atoms with E-state index in [9.17, 15) is 28.1 Å². The van der Waals surface area contributed by atoms with Crippen molar-refractivity contribution in [2.24, 2.45) is 0 Å². The molecule has 0 bridgehead atoms. The fourth-order valence-electron chi connectivity index (χ4n) is 3.11. The zero-order chi connectivity index (χ0) is 21.1. The van der Waals surface area contributed by atoms with Gasteiger partial charge in [-0.2, -0.15) is 0 Å². The minimum absolute atomic E-state index is 0.0104. The number of non-ortho nitro benzene ring substituents is 1. The monoisotopic (exact) mass is 413 g/mol. The second-order valence-electron chi connectivity index (χ2n) is 6.72. The lowest BCUT2D eigenvalue weighted by Gasteiger charge is -2.33. The normalized spacial score (nSPS) is 19.0. The van der Waals surface area contributed by atoms with E-state index in [1.807, 2.05) is 6.92 Å². The first-order valence-electron chi connectivity index (χ1n) is 8.78. The molecule has 0 saturated carbocycles. The lowest BCUT2D eigenvalue weighted by molar-refractivity contribution is -0.384. The van der Waals surface area contributed by atoms with Gasteiger partial charge in [-0.1, -0.05) is 6.92 Å². The van der Waals surface area contributed by atoms with Gasteiger partial charge in [0.2, 0.25) is 0 Å². The highest BCUT2D eigenvalue weighted by molar-refractivity contribution is 7.91. The summed E-state index contributed by atoms with van der Waals surface area (Å²) < 4.78 is 28.5. The molecular weight excluding hydrogens is 390 g/mol. The van der Waals surface area contributed by atoms with Crippen LogP contribution in [0.3, 0.4) is 0 Å². The Hall–Kier alpha value is -2.69. The summed E-state index contributed by atoms with van der Waals surface area (Å²) in [6.45, 7) is 3.05. The van der Waals surface area contributed by atoms with Gasteiger partial charge in [-0.05, 0) is 25.8 Å². The van der Waals surface area contributed by atoms with Crippen LogP contribution in [0.25, 0.3) is 0 Å². The van der Waals surface area contributed by atoms with Gasteiger partial charge >= 0.3 is 5.97 Å². The Labute approximate surface area is 162 Å². The van der Waals surface area contributed by atoms with E-state index >= 15 is 0 Å². The van der Waals surface area contributed by atoms with E-state index < -0.39 is 39.3 Å². The number of anilines is 1. The van der Waals surface area contributed by atoms with Crippen molar-refractivity contribution in [3.63, 3.8) is 0 Å². The number of esters is 1. The van der Waals surface area contributed by atoms with Crippen LogP contribution < -0.4 is 5.73 Å². The Kier molecular flexibility index (Phi) is 6.60. The molecule has 1 heterocycles. The van der Waals surface area contributed by atoms with E-state index in [4.69, 9.17) is 10.5 Å². The molecule has 2 N–H and O–H groups in total. The first-order valence-corrected chi connectivity index (χ1v) is 10.6. The Morgan fingerprint density at radius 2 is 2.11 bits per heavy atom. The van der Waals surface area contributed by atoms with Crippen molar-refractivity contribution in [1.82, 2.24) is 4.90 Å². The molecule has 2 rings (SSSR count). The molecule has 1 saturated heterocycles. The summed E-state index contributed by atoms with van der Waals surface area (Å²) in [5, 5.41) is 10.9. The molecule has 0 radical (unpaired) electrons. The molecule has 10 nitrogen and oxygen atoms in total. The van der Waals surface area contributed by atoms with Crippen LogP contribution in [0.15, 0.2) is 18.2 Å². The van der Waals surface area contributed by atoms with Crippen LogP contribution in [0.1, 0.15) is 37.0 Å². The maximum Gasteiger partial charge on any atom is 0.341 e. The molecule has 1 amide bonds. The average molecular weight is 413 g/mol. The van der Waals surface area contributed by atoms with Gasteiger partial charge < -0.3 is 15.4 Å². The summed E-state index contributed by atoms with van der Waals surface area (Å²) in [7, 11) is -3.19. The molecule has 0 unspecified atom stereocenters. The fraction of sp³-hybridized carbons (Fsp3) is 0.529. The summed E-state index contributed by atoms with van der Waals surface area (Å²) in [6.07, 6.45) is 0.943. The average Bonchev–Trinajstić information content (AvgIpc) is 2.99. The lowest BCUT2D eigenvalue weighted by atomic mass is 10.1. The molecule has 1 aromatic carbocycles. The number of nitro groups is 1.